The molecule has 0 unspecified atom stereocenters. The molecule has 1 saturated carbocycles. The van der Waals surface area contributed by atoms with Gasteiger partial charge in [-0.3, -0.25) is 0 Å². The number of hydrogen-bond acceptors (Lipinski definition) is 2. The summed E-state index contributed by atoms with van der Waals surface area (Å²) in [5.74, 6) is 0. The van der Waals surface area contributed by atoms with Gasteiger partial charge in [-0.15, -0.1) is 0 Å². The van der Waals surface area contributed by atoms with E-state index in [0.717, 1.165) is 25.7 Å². The van der Waals surface area contributed by atoms with Crippen LogP contribution in [0.2, 0.25) is 0 Å². The highest BCUT2D eigenvalue weighted by Gasteiger charge is 2.33. The Hall–Kier alpha value is -1.23. The van der Waals surface area contributed by atoms with E-state index in [2.05, 4.69) is 0 Å². The number of nitrogens with zero attached hydrogens (tertiary/aromatic N) is 1. The highest BCUT2D eigenvalue weighted by atomic mass is 19.4. The smallest absolute Gasteiger partial charge is 0.372 e. The number of nitrogens with two attached hydrogens (primary N) is 1. The molecule has 112 valence electrons. The van der Waals surface area contributed by atoms with E-state index in [1.165, 1.54) is 18.6 Å². The van der Waals surface area contributed by atoms with Crippen LogP contribution in [0.1, 0.15) is 43.2 Å². The van der Waals surface area contributed by atoms with Gasteiger partial charge in [-0.05, 0) is 30.5 Å². The average Bonchev–Trinajstić information content (AvgIpc) is 2.46. The molecule has 0 spiro atoms. The normalized spacial score (nSPS) is 17.2. The third-order valence-electron chi connectivity index (χ3n) is 4.15. The van der Waals surface area contributed by atoms with Crippen molar-refractivity contribution in [3.05, 3.63) is 29.3 Å². The van der Waals surface area contributed by atoms with Crippen LogP contribution in [0.3, 0.4) is 0 Å². The van der Waals surface area contributed by atoms with Gasteiger partial charge in [-0.2, -0.15) is 13.2 Å². The molecule has 1 aromatic carbocycles. The van der Waals surface area contributed by atoms with E-state index in [4.69, 9.17) is 5.73 Å². The van der Waals surface area contributed by atoms with Gasteiger partial charge in [0.05, 0.1) is 5.56 Å². The van der Waals surface area contributed by atoms with Crippen LogP contribution < -0.4 is 10.6 Å². The Bertz CT molecular complexity index is 451. The maximum Gasteiger partial charge on any atom is 0.416 e. The molecule has 5 heteroatoms. The van der Waals surface area contributed by atoms with Crippen molar-refractivity contribution in [2.45, 2.75) is 50.9 Å². The topological polar surface area (TPSA) is 29.3 Å². The lowest BCUT2D eigenvalue weighted by atomic mass is 9.94. The van der Waals surface area contributed by atoms with Crippen molar-refractivity contribution < 1.29 is 13.2 Å². The van der Waals surface area contributed by atoms with Crippen molar-refractivity contribution >= 4 is 5.69 Å². The minimum Gasteiger partial charge on any atom is -0.372 e. The quantitative estimate of drug-likeness (QED) is 0.912. The van der Waals surface area contributed by atoms with E-state index in [1.807, 2.05) is 11.9 Å². The molecule has 1 aliphatic carbocycles. The highest BCUT2D eigenvalue weighted by Crippen LogP contribution is 2.35. The molecule has 0 aliphatic heterocycles. The van der Waals surface area contributed by atoms with Crippen LogP contribution in [0.5, 0.6) is 0 Å². The van der Waals surface area contributed by atoms with Gasteiger partial charge >= 0.3 is 6.18 Å². The van der Waals surface area contributed by atoms with Gasteiger partial charge in [0.15, 0.2) is 0 Å². The van der Waals surface area contributed by atoms with Crippen LogP contribution in [0.15, 0.2) is 18.2 Å². The molecular formula is C15H21F3N2. The van der Waals surface area contributed by atoms with Crippen LogP contribution in [-0.2, 0) is 12.7 Å². The Morgan fingerprint density at radius 1 is 1.20 bits per heavy atom. The van der Waals surface area contributed by atoms with E-state index >= 15 is 0 Å². The highest BCUT2D eigenvalue weighted by molar-refractivity contribution is 5.52. The summed E-state index contributed by atoms with van der Waals surface area (Å²) >= 11 is 0. The fourth-order valence-corrected chi connectivity index (χ4v) is 2.90. The monoisotopic (exact) mass is 286 g/mol. The maximum absolute atomic E-state index is 13.0. The summed E-state index contributed by atoms with van der Waals surface area (Å²) in [7, 11) is 1.88. The van der Waals surface area contributed by atoms with Crippen molar-refractivity contribution in [1.29, 1.82) is 0 Å². The van der Waals surface area contributed by atoms with E-state index in [0.29, 0.717) is 11.7 Å². The van der Waals surface area contributed by atoms with E-state index in [1.54, 1.807) is 6.07 Å². The standard InChI is InChI=1S/C15H21F3N2/c1-20(12-5-3-2-4-6-12)13-8-7-11(10-19)14(9-13)15(16,17)18/h7-9,12H,2-6,10,19H2,1H3. The molecule has 2 N–H and O–H groups in total. The van der Waals surface area contributed by atoms with Crippen LogP contribution in [0.4, 0.5) is 18.9 Å². The number of alkyl halides is 3. The Kier molecular flexibility index (Phi) is 4.58. The first-order valence-electron chi connectivity index (χ1n) is 7.06. The summed E-state index contributed by atoms with van der Waals surface area (Å²) in [5, 5.41) is 0. The van der Waals surface area contributed by atoms with Crippen molar-refractivity contribution in [3.8, 4) is 0 Å². The molecule has 20 heavy (non-hydrogen) atoms. The molecule has 0 saturated heterocycles. The lowest BCUT2D eigenvalue weighted by molar-refractivity contribution is -0.138. The number of rotatable bonds is 3. The first-order chi connectivity index (χ1) is 9.43. The second-order valence-corrected chi connectivity index (χ2v) is 5.45. The Balaban J connectivity index is 2.28. The summed E-state index contributed by atoms with van der Waals surface area (Å²) in [4.78, 5) is 1.98. The Labute approximate surface area is 117 Å². The summed E-state index contributed by atoms with van der Waals surface area (Å²) in [6.07, 6.45) is 1.29. The number of halogens is 3. The fraction of sp³-hybridized carbons (Fsp3) is 0.600. The fourth-order valence-electron chi connectivity index (χ4n) is 2.90. The van der Waals surface area contributed by atoms with Crippen LogP contribution in [0, 0.1) is 0 Å². The molecule has 0 radical (unpaired) electrons. The maximum atomic E-state index is 13.0. The van der Waals surface area contributed by atoms with Crippen LogP contribution >= 0.6 is 0 Å². The van der Waals surface area contributed by atoms with Gasteiger partial charge in [0.2, 0.25) is 0 Å². The molecule has 2 rings (SSSR count). The molecule has 0 heterocycles. The number of hydrogen-bond donors (Lipinski definition) is 1. The van der Waals surface area contributed by atoms with Gasteiger partial charge in [0, 0.05) is 25.3 Å². The van der Waals surface area contributed by atoms with Crippen LogP contribution in [-0.4, -0.2) is 13.1 Å². The molecule has 0 aromatic heterocycles. The Morgan fingerprint density at radius 3 is 2.40 bits per heavy atom. The lowest BCUT2D eigenvalue weighted by Crippen LogP contribution is -2.33. The molecule has 0 atom stereocenters. The zero-order valence-corrected chi connectivity index (χ0v) is 11.7. The second kappa shape index (κ2) is 6.04. The van der Waals surface area contributed by atoms with Gasteiger partial charge in [0.25, 0.3) is 0 Å². The zero-order valence-electron chi connectivity index (χ0n) is 11.7. The van der Waals surface area contributed by atoms with E-state index in [-0.39, 0.29) is 12.1 Å². The first kappa shape index (κ1) is 15.2. The predicted octanol–water partition coefficient (Wildman–Crippen LogP) is 3.93. The first-order valence-corrected chi connectivity index (χ1v) is 7.06. The van der Waals surface area contributed by atoms with E-state index in [9.17, 15) is 13.2 Å². The molecule has 1 aliphatic rings. The van der Waals surface area contributed by atoms with Crippen molar-refractivity contribution in [1.82, 2.24) is 0 Å². The van der Waals surface area contributed by atoms with Crippen LogP contribution in [0.25, 0.3) is 0 Å². The number of anilines is 1. The van der Waals surface area contributed by atoms with Crippen molar-refractivity contribution in [2.24, 2.45) is 5.73 Å². The number of benzene rings is 1. The van der Waals surface area contributed by atoms with Gasteiger partial charge in [0.1, 0.15) is 0 Å². The third kappa shape index (κ3) is 3.26. The van der Waals surface area contributed by atoms with E-state index < -0.39 is 11.7 Å². The van der Waals surface area contributed by atoms with Crippen molar-refractivity contribution in [3.63, 3.8) is 0 Å². The summed E-state index contributed by atoms with van der Waals surface area (Å²) in [6, 6.07) is 4.81. The zero-order chi connectivity index (χ0) is 14.8. The molecule has 1 aromatic rings. The van der Waals surface area contributed by atoms with Gasteiger partial charge in [-0.1, -0.05) is 25.3 Å². The summed E-state index contributed by atoms with van der Waals surface area (Å²) < 4.78 is 39.1. The predicted molar refractivity (Wildman–Crippen MR) is 74.6 cm³/mol. The van der Waals surface area contributed by atoms with Gasteiger partial charge < -0.3 is 10.6 Å². The molecule has 2 nitrogen and oxygen atoms in total. The summed E-state index contributed by atoms with van der Waals surface area (Å²) in [6.45, 7) is -0.0950. The molecule has 0 bridgehead atoms. The average molecular weight is 286 g/mol. The largest absolute Gasteiger partial charge is 0.416 e. The summed E-state index contributed by atoms with van der Waals surface area (Å²) in [5.41, 5.74) is 5.57. The molecule has 0 amide bonds. The lowest BCUT2D eigenvalue weighted by Gasteiger charge is -2.33. The molecule has 1 fully saturated rings. The van der Waals surface area contributed by atoms with Crippen molar-refractivity contribution in [2.75, 3.05) is 11.9 Å². The van der Waals surface area contributed by atoms with Gasteiger partial charge in [-0.25, -0.2) is 0 Å². The Morgan fingerprint density at radius 2 is 1.85 bits per heavy atom. The second-order valence-electron chi connectivity index (χ2n) is 5.45. The third-order valence-corrected chi connectivity index (χ3v) is 4.15. The minimum atomic E-state index is -4.35. The molecular weight excluding hydrogens is 265 g/mol. The SMILES string of the molecule is CN(c1ccc(CN)c(C(F)(F)F)c1)C1CCCCC1. The minimum absolute atomic E-state index is 0.0950.